The summed E-state index contributed by atoms with van der Waals surface area (Å²) in [5, 5.41) is 2.67. The zero-order chi connectivity index (χ0) is 24.8. The molecule has 1 amide bonds. The number of hydrogen-bond acceptors (Lipinski definition) is 6. The molecule has 1 saturated heterocycles. The van der Waals surface area contributed by atoms with Gasteiger partial charge in [-0.3, -0.25) is 0 Å². The molecule has 3 aromatic heterocycles. The SMILES string of the molecule is Cc1ncc(C(=O)NCC#Cc2cc3c(N[C@@]45CCN(C)C[C@@H]4C5)nccn3c2[Se]C(F)(F)F)s1. The molecule has 0 aromatic carbocycles. The summed E-state index contributed by atoms with van der Waals surface area (Å²) in [5.41, 5.74) is 0.849. The first-order valence-electron chi connectivity index (χ1n) is 11.1. The van der Waals surface area contributed by atoms with Gasteiger partial charge in [0, 0.05) is 0 Å². The maximum atomic E-state index is 13.5. The van der Waals surface area contributed by atoms with E-state index in [2.05, 4.69) is 44.4 Å². The normalized spacial score (nSPS) is 21.8. The number of carbonyl (C=O) groups is 1. The molecule has 4 heterocycles. The van der Waals surface area contributed by atoms with Crippen LogP contribution in [-0.4, -0.2) is 77.4 Å². The Bertz CT molecular complexity index is 1340. The number of alkyl halides is 3. The second kappa shape index (κ2) is 9.13. The summed E-state index contributed by atoms with van der Waals surface area (Å²) in [5.74, 6) is 6.45. The Morgan fingerprint density at radius 1 is 1.40 bits per heavy atom. The molecular formula is C23H23F3N6OSSe. The van der Waals surface area contributed by atoms with Crippen LogP contribution in [0.15, 0.2) is 24.7 Å². The Morgan fingerprint density at radius 2 is 2.23 bits per heavy atom. The van der Waals surface area contributed by atoms with Gasteiger partial charge in [-0.15, -0.1) is 0 Å². The third-order valence-corrected chi connectivity index (χ3v) is 9.02. The van der Waals surface area contributed by atoms with Gasteiger partial charge in [0.1, 0.15) is 0 Å². The number of anilines is 1. The molecule has 2 fully saturated rings. The van der Waals surface area contributed by atoms with Crippen molar-refractivity contribution in [3.05, 3.63) is 40.1 Å². The maximum absolute atomic E-state index is 13.5. The molecule has 2 N–H and O–H groups in total. The zero-order valence-corrected chi connectivity index (χ0v) is 21.6. The number of thiazole rings is 1. The molecule has 0 bridgehead atoms. The summed E-state index contributed by atoms with van der Waals surface area (Å²) in [4.78, 5) is 23.5. The molecular weight excluding hydrogens is 544 g/mol. The molecule has 35 heavy (non-hydrogen) atoms. The van der Waals surface area contributed by atoms with Crippen molar-refractivity contribution in [3.63, 3.8) is 0 Å². The van der Waals surface area contributed by atoms with Gasteiger partial charge in [-0.2, -0.15) is 0 Å². The van der Waals surface area contributed by atoms with Crippen molar-refractivity contribution in [1.82, 2.24) is 24.6 Å². The second-order valence-corrected chi connectivity index (χ2v) is 12.3. The molecule has 3 aromatic rings. The molecule has 0 radical (unpaired) electrons. The van der Waals surface area contributed by atoms with Crippen LogP contribution < -0.4 is 15.2 Å². The van der Waals surface area contributed by atoms with Crippen LogP contribution in [0.2, 0.25) is 0 Å². The van der Waals surface area contributed by atoms with Crippen molar-refractivity contribution in [3.8, 4) is 11.8 Å². The molecule has 1 aliphatic carbocycles. The molecule has 12 heteroatoms. The number of nitrogens with one attached hydrogen (secondary N) is 2. The van der Waals surface area contributed by atoms with E-state index in [1.165, 1.54) is 23.7 Å². The van der Waals surface area contributed by atoms with Gasteiger partial charge in [0.05, 0.1) is 0 Å². The van der Waals surface area contributed by atoms with E-state index in [1.807, 2.05) is 0 Å². The zero-order valence-electron chi connectivity index (χ0n) is 19.1. The number of likely N-dealkylation sites (tertiary alicyclic amines) is 1. The van der Waals surface area contributed by atoms with E-state index in [0.29, 0.717) is 27.7 Å². The number of nitrogens with zero attached hydrogens (tertiary/aromatic N) is 4. The van der Waals surface area contributed by atoms with Crippen molar-refractivity contribution in [2.45, 2.75) is 30.4 Å². The first-order valence-corrected chi connectivity index (χ1v) is 13.6. The van der Waals surface area contributed by atoms with Crippen LogP contribution in [0.3, 0.4) is 0 Å². The summed E-state index contributed by atoms with van der Waals surface area (Å²) < 4.78 is 42.0. The Hall–Kier alpha value is -2.58. The van der Waals surface area contributed by atoms with Gasteiger partial charge in [-0.1, -0.05) is 0 Å². The molecule has 2 aliphatic rings. The first-order chi connectivity index (χ1) is 16.6. The molecule has 2 atom stereocenters. The van der Waals surface area contributed by atoms with E-state index in [0.717, 1.165) is 30.9 Å². The number of aryl methyl sites for hydroxylation is 1. The molecule has 1 aliphatic heterocycles. The number of halogens is 3. The Labute approximate surface area is 210 Å². The van der Waals surface area contributed by atoms with Gasteiger partial charge in [0.25, 0.3) is 0 Å². The molecule has 0 spiro atoms. The fourth-order valence-electron chi connectivity index (χ4n) is 4.53. The predicted octanol–water partition coefficient (Wildman–Crippen LogP) is 2.24. The van der Waals surface area contributed by atoms with E-state index in [4.69, 9.17) is 0 Å². The minimum atomic E-state index is -4.33. The van der Waals surface area contributed by atoms with Crippen LogP contribution in [-0.2, 0) is 0 Å². The first kappa shape index (κ1) is 24.1. The van der Waals surface area contributed by atoms with Gasteiger partial charge < -0.3 is 0 Å². The predicted molar refractivity (Wildman–Crippen MR) is 129 cm³/mol. The van der Waals surface area contributed by atoms with Crippen molar-refractivity contribution in [2.24, 2.45) is 5.92 Å². The summed E-state index contributed by atoms with van der Waals surface area (Å²) in [6, 6.07) is 1.67. The van der Waals surface area contributed by atoms with Crippen molar-refractivity contribution in [2.75, 3.05) is 32.0 Å². The fraction of sp³-hybridized carbons (Fsp3) is 0.435. The summed E-state index contributed by atoms with van der Waals surface area (Å²) in [6.07, 6.45) is 6.58. The Morgan fingerprint density at radius 3 is 2.94 bits per heavy atom. The second-order valence-electron chi connectivity index (χ2n) is 8.86. The van der Waals surface area contributed by atoms with Crippen LogP contribution in [0.25, 0.3) is 5.52 Å². The Balaban J connectivity index is 1.40. The van der Waals surface area contributed by atoms with Crippen LogP contribution in [0.5, 0.6) is 0 Å². The van der Waals surface area contributed by atoms with Gasteiger partial charge >= 0.3 is 211 Å². The van der Waals surface area contributed by atoms with Crippen LogP contribution >= 0.6 is 11.3 Å². The number of amides is 1. The van der Waals surface area contributed by atoms with Crippen molar-refractivity contribution >= 4 is 48.1 Å². The van der Waals surface area contributed by atoms with Crippen LogP contribution in [0.1, 0.15) is 33.1 Å². The van der Waals surface area contributed by atoms with E-state index < -0.39 is 20.0 Å². The monoisotopic (exact) mass is 568 g/mol. The number of carbonyl (C=O) groups excluding carboxylic acids is 1. The summed E-state index contributed by atoms with van der Waals surface area (Å²) in [6.45, 7) is 3.79. The number of fused-ring (bicyclic) bond motifs is 2. The van der Waals surface area contributed by atoms with Crippen LogP contribution in [0.4, 0.5) is 19.0 Å². The van der Waals surface area contributed by atoms with Gasteiger partial charge in [-0.05, 0) is 0 Å². The number of rotatable bonds is 5. The van der Waals surface area contributed by atoms with Gasteiger partial charge in [0.15, 0.2) is 0 Å². The molecule has 1 saturated carbocycles. The molecule has 7 nitrogen and oxygen atoms in total. The van der Waals surface area contributed by atoms with E-state index >= 15 is 0 Å². The molecule has 0 unspecified atom stereocenters. The number of piperidine rings is 1. The molecule has 5 rings (SSSR count). The van der Waals surface area contributed by atoms with Crippen molar-refractivity contribution < 1.29 is 18.0 Å². The average molecular weight is 567 g/mol. The van der Waals surface area contributed by atoms with E-state index in [9.17, 15) is 18.0 Å². The summed E-state index contributed by atoms with van der Waals surface area (Å²) >= 11 is -0.525. The fourth-order valence-corrected chi connectivity index (χ4v) is 6.69. The molecule has 184 valence electrons. The number of aromatic nitrogens is 3. The van der Waals surface area contributed by atoms with Crippen LogP contribution in [0, 0.1) is 24.7 Å². The average Bonchev–Trinajstić information content (AvgIpc) is 3.11. The minimum absolute atomic E-state index is 0.0160. The van der Waals surface area contributed by atoms with Crippen molar-refractivity contribution in [1.29, 1.82) is 0 Å². The van der Waals surface area contributed by atoms with Gasteiger partial charge in [-0.25, -0.2) is 0 Å². The Kier molecular flexibility index (Phi) is 6.30. The quantitative estimate of drug-likeness (QED) is 0.366. The third-order valence-electron chi connectivity index (χ3n) is 6.34. The summed E-state index contributed by atoms with van der Waals surface area (Å²) in [7, 11) is 2.10. The third kappa shape index (κ3) is 5.19. The standard InChI is InChI=1S/C23H23F3N6OSSe/c1-14-29-12-18(34-14)20(33)28-6-3-4-15-10-17-19(30-22-5-8-31(2)13-16(22)11-22)27-7-9-32(17)21(15)35-23(24,25)26/h7,9-10,12,16H,5-6,8,11,13H2,1-2H3,(H,27,30)(H,28,33)/t16-,22+/m0/s1. The topological polar surface area (TPSA) is 74.6 Å². The number of hydrogen-bond donors (Lipinski definition) is 2. The van der Waals surface area contributed by atoms with E-state index in [-0.39, 0.29) is 22.6 Å². The van der Waals surface area contributed by atoms with Gasteiger partial charge in [0.2, 0.25) is 0 Å². The van der Waals surface area contributed by atoms with E-state index in [1.54, 1.807) is 23.6 Å².